The van der Waals surface area contributed by atoms with Crippen LogP contribution in [0.3, 0.4) is 0 Å². The lowest BCUT2D eigenvalue weighted by atomic mass is 10.0. The summed E-state index contributed by atoms with van der Waals surface area (Å²) in [4.78, 5) is 2.60. The molecule has 13 heavy (non-hydrogen) atoms. The summed E-state index contributed by atoms with van der Waals surface area (Å²) in [6, 6.07) is 0.797. The Kier molecular flexibility index (Phi) is 2.86. The number of hydrogen-bond acceptors (Lipinski definition) is 3. The van der Waals surface area contributed by atoms with E-state index < -0.39 is 0 Å². The monoisotopic (exact) mass is 181 g/mol. The number of nitrogens with one attached hydrogen (secondary N) is 2. The molecule has 2 fully saturated rings. The van der Waals surface area contributed by atoms with Crippen molar-refractivity contribution < 1.29 is 0 Å². The molecule has 2 aliphatic rings. The van der Waals surface area contributed by atoms with E-state index in [-0.39, 0.29) is 0 Å². The second-order valence-corrected chi connectivity index (χ2v) is 3.92. The maximum absolute atomic E-state index is 3.67. The zero-order valence-electron chi connectivity index (χ0n) is 8.13. The molecule has 0 aromatic rings. The topological polar surface area (TPSA) is 27.3 Å². The minimum atomic E-state index is 0.531. The molecule has 0 radical (unpaired) electrons. The first-order valence-electron chi connectivity index (χ1n) is 5.25. The van der Waals surface area contributed by atoms with Crippen LogP contribution >= 0.6 is 0 Å². The molecule has 0 aromatic heterocycles. The maximum Gasteiger partial charge on any atom is 0.0778 e. The molecule has 0 spiro atoms. The van der Waals surface area contributed by atoms with Crippen LogP contribution in [0.4, 0.5) is 0 Å². The van der Waals surface area contributed by atoms with Crippen molar-refractivity contribution in [2.45, 2.75) is 31.5 Å². The standard InChI is InChI=1S/C10H19N3/c1-2-11-8-10-12-7-9-5-3-4-6-13(9)10/h2,9-12H,1,3-8H2/t9?,10-/m0/s1. The molecule has 74 valence electrons. The molecule has 3 nitrogen and oxygen atoms in total. The first-order chi connectivity index (χ1) is 6.42. The summed E-state index contributed by atoms with van der Waals surface area (Å²) in [6.07, 6.45) is 6.45. The van der Waals surface area contributed by atoms with Crippen molar-refractivity contribution >= 4 is 0 Å². The van der Waals surface area contributed by atoms with Gasteiger partial charge in [-0.1, -0.05) is 13.0 Å². The number of fused-ring (bicyclic) bond motifs is 1. The fraction of sp³-hybridized carbons (Fsp3) is 0.800. The summed E-state index contributed by atoms with van der Waals surface area (Å²) in [5, 5.41) is 6.73. The van der Waals surface area contributed by atoms with Crippen LogP contribution in [0.2, 0.25) is 0 Å². The van der Waals surface area contributed by atoms with E-state index in [0.29, 0.717) is 6.17 Å². The summed E-state index contributed by atoms with van der Waals surface area (Å²) < 4.78 is 0. The second-order valence-electron chi connectivity index (χ2n) is 3.92. The van der Waals surface area contributed by atoms with E-state index in [4.69, 9.17) is 0 Å². The van der Waals surface area contributed by atoms with Gasteiger partial charge in [-0.15, -0.1) is 0 Å². The Balaban J connectivity index is 1.87. The fourth-order valence-electron chi connectivity index (χ4n) is 2.43. The molecule has 0 aromatic carbocycles. The van der Waals surface area contributed by atoms with Gasteiger partial charge in [0.25, 0.3) is 0 Å². The van der Waals surface area contributed by atoms with Crippen LogP contribution in [0.15, 0.2) is 12.8 Å². The predicted molar refractivity (Wildman–Crippen MR) is 54.3 cm³/mol. The molecule has 2 saturated heterocycles. The highest BCUT2D eigenvalue weighted by molar-refractivity contribution is 4.91. The van der Waals surface area contributed by atoms with E-state index in [9.17, 15) is 0 Å². The predicted octanol–water partition coefficient (Wildman–Crippen LogP) is 0.503. The van der Waals surface area contributed by atoms with Gasteiger partial charge in [0.2, 0.25) is 0 Å². The van der Waals surface area contributed by atoms with Gasteiger partial charge in [-0.05, 0) is 19.0 Å². The molecule has 0 bridgehead atoms. The summed E-state index contributed by atoms with van der Waals surface area (Å²) in [7, 11) is 0. The van der Waals surface area contributed by atoms with E-state index in [1.807, 2.05) is 0 Å². The summed E-state index contributed by atoms with van der Waals surface area (Å²) in [6.45, 7) is 7.09. The van der Waals surface area contributed by atoms with Gasteiger partial charge in [-0.2, -0.15) is 0 Å². The third-order valence-corrected chi connectivity index (χ3v) is 3.12. The minimum Gasteiger partial charge on any atom is -0.388 e. The van der Waals surface area contributed by atoms with Gasteiger partial charge >= 0.3 is 0 Å². The maximum atomic E-state index is 3.67. The van der Waals surface area contributed by atoms with Crippen LogP contribution in [0.5, 0.6) is 0 Å². The highest BCUT2D eigenvalue weighted by Gasteiger charge is 2.33. The first kappa shape index (κ1) is 9.03. The quantitative estimate of drug-likeness (QED) is 0.664. The van der Waals surface area contributed by atoms with Crippen molar-refractivity contribution in [1.82, 2.24) is 15.5 Å². The van der Waals surface area contributed by atoms with Crippen molar-refractivity contribution in [3.8, 4) is 0 Å². The van der Waals surface area contributed by atoms with Crippen molar-refractivity contribution in [2.75, 3.05) is 19.6 Å². The average Bonchev–Trinajstić information content (AvgIpc) is 2.58. The van der Waals surface area contributed by atoms with Gasteiger partial charge in [-0.25, -0.2) is 0 Å². The average molecular weight is 181 g/mol. The molecule has 0 amide bonds. The van der Waals surface area contributed by atoms with Crippen molar-refractivity contribution in [2.24, 2.45) is 0 Å². The van der Waals surface area contributed by atoms with E-state index in [1.54, 1.807) is 6.20 Å². The third kappa shape index (κ3) is 1.86. The number of hydrogen-bond donors (Lipinski definition) is 2. The molecular formula is C10H19N3. The smallest absolute Gasteiger partial charge is 0.0778 e. The molecule has 2 rings (SSSR count). The Bertz CT molecular complexity index is 181. The molecule has 2 N–H and O–H groups in total. The minimum absolute atomic E-state index is 0.531. The number of nitrogens with zero attached hydrogens (tertiary/aromatic N) is 1. The highest BCUT2D eigenvalue weighted by atomic mass is 15.4. The fourth-order valence-corrected chi connectivity index (χ4v) is 2.43. The highest BCUT2D eigenvalue weighted by Crippen LogP contribution is 2.22. The number of piperidine rings is 1. The van der Waals surface area contributed by atoms with Gasteiger partial charge in [0.05, 0.1) is 6.17 Å². The van der Waals surface area contributed by atoms with E-state index >= 15 is 0 Å². The Morgan fingerprint density at radius 1 is 1.54 bits per heavy atom. The lowest BCUT2D eigenvalue weighted by Gasteiger charge is -2.32. The zero-order chi connectivity index (χ0) is 9.10. The zero-order valence-corrected chi connectivity index (χ0v) is 8.13. The van der Waals surface area contributed by atoms with Crippen LogP contribution < -0.4 is 10.6 Å². The first-order valence-corrected chi connectivity index (χ1v) is 5.25. The third-order valence-electron chi connectivity index (χ3n) is 3.12. The number of rotatable bonds is 3. The Labute approximate surface area is 80.2 Å². The molecule has 0 aliphatic carbocycles. The van der Waals surface area contributed by atoms with Gasteiger partial charge in [0.15, 0.2) is 0 Å². The van der Waals surface area contributed by atoms with Crippen LogP contribution in [-0.2, 0) is 0 Å². The summed E-state index contributed by atoms with van der Waals surface area (Å²) in [5.74, 6) is 0. The van der Waals surface area contributed by atoms with E-state index in [0.717, 1.165) is 12.6 Å². The Morgan fingerprint density at radius 3 is 3.31 bits per heavy atom. The van der Waals surface area contributed by atoms with Crippen LogP contribution in [0, 0.1) is 0 Å². The lowest BCUT2D eigenvalue weighted by molar-refractivity contribution is 0.148. The second kappa shape index (κ2) is 4.11. The van der Waals surface area contributed by atoms with Crippen LogP contribution in [0.1, 0.15) is 19.3 Å². The van der Waals surface area contributed by atoms with E-state index in [2.05, 4.69) is 22.1 Å². The molecular weight excluding hydrogens is 162 g/mol. The van der Waals surface area contributed by atoms with Gasteiger partial charge < -0.3 is 5.32 Å². The molecule has 2 aliphatic heterocycles. The molecule has 2 heterocycles. The lowest BCUT2D eigenvalue weighted by Crippen LogP contribution is -2.46. The van der Waals surface area contributed by atoms with Crippen molar-refractivity contribution in [3.05, 3.63) is 12.8 Å². The molecule has 1 unspecified atom stereocenters. The van der Waals surface area contributed by atoms with Crippen LogP contribution in [0.25, 0.3) is 0 Å². The SMILES string of the molecule is C=CNC[C@H]1NCC2CCCCN21. The Hall–Kier alpha value is -0.540. The van der Waals surface area contributed by atoms with Crippen molar-refractivity contribution in [3.63, 3.8) is 0 Å². The summed E-state index contributed by atoms with van der Waals surface area (Å²) >= 11 is 0. The van der Waals surface area contributed by atoms with Gasteiger partial charge in [-0.3, -0.25) is 10.2 Å². The van der Waals surface area contributed by atoms with Gasteiger partial charge in [0.1, 0.15) is 0 Å². The van der Waals surface area contributed by atoms with Crippen molar-refractivity contribution in [1.29, 1.82) is 0 Å². The molecule has 3 heteroatoms. The molecule has 2 atom stereocenters. The van der Waals surface area contributed by atoms with E-state index in [1.165, 1.54) is 32.4 Å². The normalized spacial score (nSPS) is 34.2. The van der Waals surface area contributed by atoms with Crippen LogP contribution in [-0.4, -0.2) is 36.7 Å². The largest absolute Gasteiger partial charge is 0.388 e. The Morgan fingerprint density at radius 2 is 2.46 bits per heavy atom. The molecule has 0 saturated carbocycles. The summed E-state index contributed by atoms with van der Waals surface area (Å²) in [5.41, 5.74) is 0. The van der Waals surface area contributed by atoms with Gasteiger partial charge in [0, 0.05) is 25.7 Å².